The van der Waals surface area contributed by atoms with Crippen molar-refractivity contribution in [3.8, 4) is 45.3 Å². The normalized spacial score (nSPS) is 11.9. The van der Waals surface area contributed by atoms with E-state index in [4.69, 9.17) is 9.97 Å². The van der Waals surface area contributed by atoms with Gasteiger partial charge in [0.05, 0.1) is 27.8 Å². The van der Waals surface area contributed by atoms with Crippen LogP contribution in [0.1, 0.15) is 0 Å². The molecule has 0 radical (unpaired) electrons. The van der Waals surface area contributed by atoms with Crippen LogP contribution in [0.4, 0.5) is 0 Å². The van der Waals surface area contributed by atoms with E-state index in [1.807, 2.05) is 0 Å². The molecule has 0 saturated carbocycles. The van der Waals surface area contributed by atoms with Gasteiger partial charge in [-0.15, -0.1) is 11.3 Å². The number of rotatable bonds is 5. The molecule has 0 unspecified atom stereocenters. The summed E-state index contributed by atoms with van der Waals surface area (Å²) in [4.78, 5) is 10.9. The fourth-order valence-electron chi connectivity index (χ4n) is 8.81. The van der Waals surface area contributed by atoms with Crippen LogP contribution < -0.4 is 0 Å². The third-order valence-corrected chi connectivity index (χ3v) is 12.6. The molecule has 0 aliphatic carbocycles. The Balaban J connectivity index is 1.16. The molecule has 5 heteroatoms. The minimum absolute atomic E-state index is 0.706. The molecule has 0 aliphatic rings. The lowest BCUT2D eigenvalue weighted by Gasteiger charge is -2.13. The van der Waals surface area contributed by atoms with Crippen molar-refractivity contribution in [2.45, 2.75) is 0 Å². The highest BCUT2D eigenvalue weighted by atomic mass is 32.1. The molecule has 12 aromatic rings. The molecule has 0 amide bonds. The summed E-state index contributed by atoms with van der Waals surface area (Å²) in [7, 11) is 0. The fourth-order valence-corrected chi connectivity index (χ4v) is 10.0. The van der Waals surface area contributed by atoms with Crippen molar-refractivity contribution < 1.29 is 0 Å². The number of aromatic nitrogens is 4. The standard InChI is InChI=1S/C52H32N4S/c1-3-14-33(15-4-1)34-26-28-35(29-27-34)43-32-48(54-52(53-43)42-22-13-21-40-38-19-9-12-25-47(38)57-51(40)42)56-45-24-11-8-20-41(45)49-46(56)31-30-39-37-18-7-10-23-44(37)55(50(39)49)36-16-5-2-6-17-36/h1-32H. The van der Waals surface area contributed by atoms with Gasteiger partial charge >= 0.3 is 0 Å². The van der Waals surface area contributed by atoms with E-state index in [9.17, 15) is 0 Å². The van der Waals surface area contributed by atoms with Crippen LogP contribution >= 0.6 is 11.3 Å². The van der Waals surface area contributed by atoms with Crippen molar-refractivity contribution in [1.82, 2.24) is 19.1 Å². The van der Waals surface area contributed by atoms with Gasteiger partial charge < -0.3 is 4.57 Å². The summed E-state index contributed by atoms with van der Waals surface area (Å²) in [6.45, 7) is 0. The van der Waals surface area contributed by atoms with E-state index in [1.165, 1.54) is 63.9 Å². The number of hydrogen-bond donors (Lipinski definition) is 0. The summed E-state index contributed by atoms with van der Waals surface area (Å²) in [5.41, 5.74) is 11.0. The van der Waals surface area contributed by atoms with Crippen molar-refractivity contribution >= 4 is 75.1 Å². The third-order valence-electron chi connectivity index (χ3n) is 11.4. The maximum absolute atomic E-state index is 5.51. The van der Waals surface area contributed by atoms with Crippen molar-refractivity contribution in [3.63, 3.8) is 0 Å². The minimum atomic E-state index is 0.706. The number of fused-ring (bicyclic) bond motifs is 10. The van der Waals surface area contributed by atoms with Gasteiger partial charge in [-0.1, -0.05) is 146 Å². The predicted octanol–water partition coefficient (Wildman–Crippen LogP) is 14.0. The molecule has 4 heterocycles. The van der Waals surface area contributed by atoms with Crippen LogP contribution in [0, 0.1) is 0 Å². The van der Waals surface area contributed by atoms with Crippen molar-refractivity contribution in [3.05, 3.63) is 194 Å². The molecule has 12 rings (SSSR count). The second-order valence-electron chi connectivity index (χ2n) is 14.6. The second kappa shape index (κ2) is 12.6. The second-order valence-corrected chi connectivity index (χ2v) is 15.6. The molecule has 0 fully saturated rings. The van der Waals surface area contributed by atoms with Crippen LogP contribution in [0.25, 0.3) is 109 Å². The first-order valence-electron chi connectivity index (χ1n) is 19.3. The van der Waals surface area contributed by atoms with Gasteiger partial charge in [-0.2, -0.15) is 0 Å². The molecular formula is C52H32N4S. The van der Waals surface area contributed by atoms with Gasteiger partial charge in [0.2, 0.25) is 0 Å². The highest BCUT2D eigenvalue weighted by molar-refractivity contribution is 7.26. The molecule has 0 aliphatic heterocycles. The number of hydrogen-bond acceptors (Lipinski definition) is 3. The van der Waals surface area contributed by atoms with E-state index in [0.717, 1.165) is 39.4 Å². The summed E-state index contributed by atoms with van der Waals surface area (Å²) in [5.74, 6) is 1.53. The zero-order chi connectivity index (χ0) is 37.5. The predicted molar refractivity (Wildman–Crippen MR) is 240 cm³/mol. The molecule has 57 heavy (non-hydrogen) atoms. The van der Waals surface area contributed by atoms with E-state index < -0.39 is 0 Å². The maximum atomic E-state index is 5.51. The lowest BCUT2D eigenvalue weighted by Crippen LogP contribution is -2.02. The number of para-hydroxylation sites is 3. The zero-order valence-corrected chi connectivity index (χ0v) is 31.5. The molecule has 0 bridgehead atoms. The maximum Gasteiger partial charge on any atom is 0.163 e. The van der Waals surface area contributed by atoms with Crippen LogP contribution in [0.3, 0.4) is 0 Å². The van der Waals surface area contributed by atoms with Gasteiger partial charge in [0.1, 0.15) is 5.82 Å². The van der Waals surface area contributed by atoms with Gasteiger partial charge in [-0.3, -0.25) is 4.57 Å². The summed E-state index contributed by atoms with van der Waals surface area (Å²) < 4.78 is 7.22. The zero-order valence-electron chi connectivity index (χ0n) is 30.7. The lowest BCUT2D eigenvalue weighted by molar-refractivity contribution is 1.05. The largest absolute Gasteiger partial charge is 0.309 e. The molecule has 8 aromatic carbocycles. The van der Waals surface area contributed by atoms with E-state index >= 15 is 0 Å². The van der Waals surface area contributed by atoms with E-state index in [0.29, 0.717) is 5.82 Å². The first-order chi connectivity index (χ1) is 28.3. The SMILES string of the molecule is c1ccc(-c2ccc(-c3cc(-n4c5ccccc5c5c4ccc4c6ccccc6n(-c6ccccc6)c45)nc(-c4cccc5c4sc4ccccc45)n3)cc2)cc1. The van der Waals surface area contributed by atoms with E-state index in [-0.39, 0.29) is 0 Å². The monoisotopic (exact) mass is 744 g/mol. The summed E-state index contributed by atoms with van der Waals surface area (Å²) in [6.07, 6.45) is 0. The molecule has 0 atom stereocenters. The Bertz CT molecular complexity index is 3500. The van der Waals surface area contributed by atoms with E-state index in [2.05, 4.69) is 203 Å². The van der Waals surface area contributed by atoms with Crippen molar-refractivity contribution in [2.24, 2.45) is 0 Å². The highest BCUT2D eigenvalue weighted by Crippen LogP contribution is 2.43. The number of benzene rings is 8. The van der Waals surface area contributed by atoms with Crippen LogP contribution in [-0.2, 0) is 0 Å². The first kappa shape index (κ1) is 32.0. The van der Waals surface area contributed by atoms with Crippen LogP contribution in [-0.4, -0.2) is 19.1 Å². The highest BCUT2D eigenvalue weighted by Gasteiger charge is 2.23. The van der Waals surface area contributed by atoms with E-state index in [1.54, 1.807) is 11.3 Å². The van der Waals surface area contributed by atoms with Crippen molar-refractivity contribution in [1.29, 1.82) is 0 Å². The first-order valence-corrected chi connectivity index (χ1v) is 20.1. The minimum Gasteiger partial charge on any atom is -0.309 e. The molecule has 4 nitrogen and oxygen atoms in total. The summed E-state index contributed by atoms with van der Waals surface area (Å²) in [5, 5.41) is 7.32. The Morgan fingerprint density at radius 1 is 0.404 bits per heavy atom. The topological polar surface area (TPSA) is 35.6 Å². The van der Waals surface area contributed by atoms with Crippen LogP contribution in [0.5, 0.6) is 0 Å². The Morgan fingerprint density at radius 2 is 1.04 bits per heavy atom. The number of nitrogens with zero attached hydrogens (tertiary/aromatic N) is 4. The molecule has 0 saturated heterocycles. The fraction of sp³-hybridized carbons (Fsp3) is 0. The van der Waals surface area contributed by atoms with Crippen LogP contribution in [0.2, 0.25) is 0 Å². The van der Waals surface area contributed by atoms with Gasteiger partial charge in [-0.25, -0.2) is 9.97 Å². The smallest absolute Gasteiger partial charge is 0.163 e. The Kier molecular flexibility index (Phi) is 7.06. The third kappa shape index (κ3) is 4.93. The molecule has 0 spiro atoms. The van der Waals surface area contributed by atoms with Gasteiger partial charge in [0.25, 0.3) is 0 Å². The summed E-state index contributed by atoms with van der Waals surface area (Å²) >= 11 is 1.81. The summed E-state index contributed by atoms with van der Waals surface area (Å²) in [6, 6.07) is 69.4. The Labute approximate surface area is 332 Å². The van der Waals surface area contributed by atoms with Crippen LogP contribution in [0.15, 0.2) is 194 Å². The number of thiophene rings is 1. The Morgan fingerprint density at radius 3 is 1.84 bits per heavy atom. The van der Waals surface area contributed by atoms with Gasteiger partial charge in [0.15, 0.2) is 5.82 Å². The average molecular weight is 745 g/mol. The lowest BCUT2D eigenvalue weighted by atomic mass is 10.0. The molecule has 4 aromatic heterocycles. The molecular weight excluding hydrogens is 713 g/mol. The average Bonchev–Trinajstić information content (AvgIpc) is 3.95. The molecule has 266 valence electrons. The van der Waals surface area contributed by atoms with Gasteiger partial charge in [0, 0.05) is 64.6 Å². The van der Waals surface area contributed by atoms with Crippen molar-refractivity contribution in [2.75, 3.05) is 0 Å². The molecule has 0 N–H and O–H groups in total. The van der Waals surface area contributed by atoms with Gasteiger partial charge in [-0.05, 0) is 53.6 Å². The Hall–Kier alpha value is -7.34. The quantitative estimate of drug-likeness (QED) is 0.176.